The summed E-state index contributed by atoms with van der Waals surface area (Å²) in [5.41, 5.74) is 0. The zero-order valence-electron chi connectivity index (χ0n) is 58.0. The second-order valence-electron chi connectivity index (χ2n) is 28.1. The number of aliphatic hydroxyl groups is 32. The number of aliphatic hydroxyl groups excluding tert-OH is 32. The van der Waals surface area contributed by atoms with Crippen molar-refractivity contribution < 1.29 is 253 Å². The van der Waals surface area contributed by atoms with E-state index in [1.807, 2.05) is 0 Å². The summed E-state index contributed by atoms with van der Waals surface area (Å²) in [5.74, 6) is 0. The zero-order valence-corrected chi connectivity index (χ0v) is 58.0. The van der Waals surface area contributed by atoms with Crippen LogP contribution < -0.4 is 0 Å². The van der Waals surface area contributed by atoms with E-state index in [4.69, 9.17) is 90.0 Å². The molecular weight excluding hydrogens is 1540 g/mol. The summed E-state index contributed by atoms with van der Waals surface area (Å²) in [5, 5.41) is 347. The lowest BCUT2D eigenvalue weighted by molar-refractivity contribution is -0.401. The van der Waals surface area contributed by atoms with Gasteiger partial charge in [-0.15, -0.1) is 0 Å². The predicted octanol–water partition coefficient (Wildman–Crippen LogP) is -22.8. The van der Waals surface area contributed by atoms with Crippen LogP contribution in [0.5, 0.6) is 0 Å². The van der Waals surface area contributed by atoms with E-state index in [0.29, 0.717) is 0 Å². The van der Waals surface area contributed by atoms with Crippen molar-refractivity contribution >= 4 is 0 Å². The Balaban J connectivity index is 0.856. The van der Waals surface area contributed by atoms with Gasteiger partial charge in [-0.05, 0) is 0 Å². The van der Waals surface area contributed by atoms with Crippen molar-refractivity contribution in [2.45, 2.75) is 307 Å². The Morgan fingerprint density at radius 2 is 0.315 bits per heavy atom. The van der Waals surface area contributed by atoms with E-state index in [2.05, 4.69) is 0 Å². The maximum Gasteiger partial charge on any atom is 0.187 e. The molecule has 32 N–H and O–H groups in total. The SMILES string of the molecule is OC[C@H]1O[C@H](O[C@@H]2[C@H](O)[C@@H](O)[C@H](O[C@@H]3[C@H](O)[C@@H](O)[C@H](O[C@@H]4[C@H](O)[C@@H](O)[C@H](O[C@@H]5[C@H](O)[C@@H](O)[C@H](O[C@@H]6[C@H](O)[C@@H](O)[C@H](O[C@@H]7[C@H](O)[C@@H](O)[C@H](O)O[C@@H]7CO)O[C@@H]6CO[C@H]6O[C@H](CO)[C@@H](O)[C@H](O)[C@@H]6O)O[C@@H]5CO)O[C@@H]4CO[C@H]4O[C@H](CO)[C@@H](O)[C@H](O)[C@@H]4O)O[C@@H]3CO)O[C@@H]2CO[C@H]2O[C@H](CO)[C@@H](O)[C@H](O)[C@@H]2O)[C@H](O)[C@@H](O)[C@H]1O. The number of rotatable bonds is 28. The predicted molar refractivity (Wildman–Crippen MR) is 330 cm³/mol. The number of ether oxygens (including phenoxy) is 19. The minimum Gasteiger partial charge on any atom is -0.394 e. The molecule has 0 bridgehead atoms. The average Bonchev–Trinajstić information content (AvgIpc) is 0.770. The van der Waals surface area contributed by atoms with Crippen molar-refractivity contribution in [2.75, 3.05) is 66.1 Å². The van der Waals surface area contributed by atoms with Crippen LogP contribution in [0.3, 0.4) is 0 Å². The van der Waals surface area contributed by atoms with Gasteiger partial charge in [0.15, 0.2) is 62.9 Å². The van der Waals surface area contributed by atoms with E-state index >= 15 is 0 Å². The Morgan fingerprint density at radius 1 is 0.153 bits per heavy atom. The number of hydrogen-bond donors (Lipinski definition) is 32. The maximum absolute atomic E-state index is 12.0. The molecule has 648 valence electrons. The summed E-state index contributed by atoms with van der Waals surface area (Å²) in [6.45, 7) is -10.4. The van der Waals surface area contributed by atoms with Crippen molar-refractivity contribution in [1.82, 2.24) is 0 Å². The Kier molecular flexibility index (Phi) is 32.4. The quantitative estimate of drug-likeness (QED) is 0.0346. The first-order valence-corrected chi connectivity index (χ1v) is 35.2. The van der Waals surface area contributed by atoms with Gasteiger partial charge in [-0.1, -0.05) is 0 Å². The summed E-state index contributed by atoms with van der Waals surface area (Å²) >= 11 is 0. The van der Waals surface area contributed by atoms with Crippen molar-refractivity contribution in [2.24, 2.45) is 0 Å². The van der Waals surface area contributed by atoms with Crippen LogP contribution in [0.1, 0.15) is 0 Å². The van der Waals surface area contributed by atoms with Gasteiger partial charge < -0.3 is 253 Å². The van der Waals surface area contributed by atoms with Crippen LogP contribution in [0, 0.1) is 0 Å². The van der Waals surface area contributed by atoms with Gasteiger partial charge in [-0.2, -0.15) is 0 Å². The largest absolute Gasteiger partial charge is 0.394 e. The van der Waals surface area contributed by atoms with Gasteiger partial charge in [0.2, 0.25) is 0 Å². The minimum atomic E-state index is -2.49. The molecule has 10 rings (SSSR count). The summed E-state index contributed by atoms with van der Waals surface area (Å²) in [7, 11) is 0. The highest BCUT2D eigenvalue weighted by molar-refractivity contribution is 5.03. The smallest absolute Gasteiger partial charge is 0.187 e. The Labute approximate surface area is 625 Å². The van der Waals surface area contributed by atoms with Gasteiger partial charge in [0.1, 0.15) is 244 Å². The van der Waals surface area contributed by atoms with Crippen molar-refractivity contribution in [3.63, 3.8) is 0 Å². The molecule has 51 nitrogen and oxygen atoms in total. The first-order chi connectivity index (χ1) is 52.6. The van der Waals surface area contributed by atoms with Crippen LogP contribution in [0.25, 0.3) is 0 Å². The van der Waals surface area contributed by atoms with Gasteiger partial charge in [0.25, 0.3) is 0 Å². The molecule has 10 fully saturated rings. The molecule has 0 spiro atoms. The van der Waals surface area contributed by atoms with E-state index in [1.165, 1.54) is 0 Å². The molecule has 0 aliphatic carbocycles. The zero-order chi connectivity index (χ0) is 81.4. The molecule has 10 heterocycles. The molecule has 0 aromatic heterocycles. The Bertz CT molecular complexity index is 2780. The molecule has 0 unspecified atom stereocenters. The summed E-state index contributed by atoms with van der Waals surface area (Å²) in [6, 6.07) is 0. The lowest BCUT2D eigenvalue weighted by Crippen LogP contribution is -2.68. The highest BCUT2D eigenvalue weighted by atomic mass is 16.8. The van der Waals surface area contributed by atoms with Crippen LogP contribution in [0.15, 0.2) is 0 Å². The standard InChI is InChI=1S/C60H102O51/c61-1-11-21(68)25(72)36(83)52(97-11)93-8-18-48(109-55-39(86)28(75)24(71)14(4-64)100-55)32(79)43(90)59(104-18)107-46-16(6-66)102-57(41(88)30(46)77)111-50-20(10-95-54-38(85)27(74)23(70)13(3-63)99-54)105-60(44(91)34(50)81)108-47-17(7-67)101-56(40(87)31(47)78)110-49-19(9-94-53-37(84)26(73)22(69)12(2-62)98-53)103-58(42(89)33(49)80)106-45-15(5-65)96-51(92)35(82)29(45)76/h11-92H,1-10H2/t11-,12-,13-,14-,15-,16-,17-,18-,19-,20-,21-,22-,23-,24+,25+,26+,27+,28+,29-,30-,31-,32-,33-,34-,35-,36+,37+,38+,39-,40-,41-,42-,43-,44-,45+,46+,47+,48+,49+,50+,51-,52+,53+,54+,55-,56+,57+,58+,59+,60+/m1/s1. The Hall–Kier alpha value is -2.04. The first-order valence-electron chi connectivity index (χ1n) is 35.2. The highest BCUT2D eigenvalue weighted by Gasteiger charge is 2.61. The molecule has 0 aromatic carbocycles. The van der Waals surface area contributed by atoms with Crippen LogP contribution in [-0.2, 0) is 90.0 Å². The van der Waals surface area contributed by atoms with Gasteiger partial charge in [-0.3, -0.25) is 0 Å². The number of hydrogen-bond acceptors (Lipinski definition) is 51. The molecule has 0 radical (unpaired) electrons. The lowest BCUT2D eigenvalue weighted by Gasteiger charge is -2.50. The van der Waals surface area contributed by atoms with Crippen LogP contribution in [0.2, 0.25) is 0 Å². The third-order valence-electron chi connectivity index (χ3n) is 20.8. The normalized spacial score (nSPS) is 53.7. The van der Waals surface area contributed by atoms with Gasteiger partial charge >= 0.3 is 0 Å². The molecule has 111 heavy (non-hydrogen) atoms. The average molecular weight is 1640 g/mol. The van der Waals surface area contributed by atoms with Crippen LogP contribution >= 0.6 is 0 Å². The third kappa shape index (κ3) is 19.2. The third-order valence-corrected chi connectivity index (χ3v) is 20.8. The van der Waals surface area contributed by atoms with Gasteiger partial charge in [0.05, 0.1) is 66.1 Å². The van der Waals surface area contributed by atoms with E-state index in [1.54, 1.807) is 0 Å². The fourth-order valence-corrected chi connectivity index (χ4v) is 14.2. The molecular formula is C60H102O51. The summed E-state index contributed by atoms with van der Waals surface area (Å²) < 4.78 is 108. The second kappa shape index (κ2) is 39.4. The van der Waals surface area contributed by atoms with E-state index in [-0.39, 0.29) is 0 Å². The molecule has 10 aliphatic rings. The first kappa shape index (κ1) is 91.3. The van der Waals surface area contributed by atoms with E-state index in [0.717, 1.165) is 0 Å². The van der Waals surface area contributed by atoms with Crippen molar-refractivity contribution in [1.29, 1.82) is 0 Å². The minimum absolute atomic E-state index is 0.931. The van der Waals surface area contributed by atoms with Crippen LogP contribution in [-0.4, -0.2) is 537 Å². The molecule has 0 amide bonds. The molecule has 0 aromatic rings. The van der Waals surface area contributed by atoms with Crippen molar-refractivity contribution in [3.05, 3.63) is 0 Å². The monoisotopic (exact) mass is 1640 g/mol. The van der Waals surface area contributed by atoms with Crippen LogP contribution in [0.4, 0.5) is 0 Å². The molecule has 10 saturated heterocycles. The van der Waals surface area contributed by atoms with Gasteiger partial charge in [0, 0.05) is 0 Å². The fraction of sp³-hybridized carbons (Fsp3) is 1.00. The van der Waals surface area contributed by atoms with Crippen molar-refractivity contribution in [3.8, 4) is 0 Å². The fourth-order valence-electron chi connectivity index (χ4n) is 14.2. The van der Waals surface area contributed by atoms with E-state index in [9.17, 15) is 163 Å². The Morgan fingerprint density at radius 3 is 0.541 bits per heavy atom. The lowest BCUT2D eigenvalue weighted by atomic mass is 9.95. The maximum atomic E-state index is 12.0. The van der Waals surface area contributed by atoms with Gasteiger partial charge in [-0.25, -0.2) is 0 Å². The second-order valence-corrected chi connectivity index (χ2v) is 28.1. The summed E-state index contributed by atoms with van der Waals surface area (Å²) in [6.07, 6.45) is -104. The van der Waals surface area contributed by atoms with E-state index < -0.39 is 373 Å². The molecule has 10 aliphatic heterocycles. The molecule has 0 saturated carbocycles. The molecule has 51 heteroatoms. The summed E-state index contributed by atoms with van der Waals surface area (Å²) in [4.78, 5) is 0. The highest BCUT2D eigenvalue weighted by Crippen LogP contribution is 2.40. The molecule has 50 atom stereocenters. The topological polar surface area (TPSA) is 823 Å².